The quantitative estimate of drug-likeness (QED) is 0.846. The first-order valence-corrected chi connectivity index (χ1v) is 6.19. The van der Waals surface area contributed by atoms with Gasteiger partial charge < -0.3 is 15.7 Å². The van der Waals surface area contributed by atoms with Gasteiger partial charge in [0.2, 0.25) is 0 Å². The summed E-state index contributed by atoms with van der Waals surface area (Å²) in [5.41, 5.74) is 6.73. The number of carbonyl (C=O) groups excluding carboxylic acids is 1. The maximum atomic E-state index is 13.8. The third-order valence-corrected chi connectivity index (χ3v) is 2.93. The van der Waals surface area contributed by atoms with Crippen LogP contribution in [0.3, 0.4) is 0 Å². The third kappa shape index (κ3) is 2.71. The maximum Gasteiger partial charge on any atom is 0.261 e. The van der Waals surface area contributed by atoms with Crippen molar-refractivity contribution in [3.63, 3.8) is 0 Å². The Balaban J connectivity index is 2.39. The fourth-order valence-corrected chi connectivity index (χ4v) is 1.96. The highest BCUT2D eigenvalue weighted by Crippen LogP contribution is 2.22. The molecule has 0 heterocycles. The number of nitrogen functional groups attached to an aromatic ring is 1. The van der Waals surface area contributed by atoms with E-state index in [9.17, 15) is 14.3 Å². The monoisotopic (exact) mass is 274 g/mol. The van der Waals surface area contributed by atoms with Gasteiger partial charge in [-0.15, -0.1) is 0 Å². The minimum Gasteiger partial charge on any atom is -0.508 e. The molecular formula is C15H15FN2O2. The van der Waals surface area contributed by atoms with Crippen LogP contribution in [0.1, 0.15) is 17.3 Å². The standard InChI is InChI=1S/C15H15FN2O2/c1-2-18(11-5-3-4-10(17)8-11)15(20)13-7-6-12(19)9-14(13)16/h3-9,19H,2,17H2,1H3. The molecule has 4 nitrogen and oxygen atoms in total. The van der Waals surface area contributed by atoms with Crippen molar-refractivity contribution in [3.05, 3.63) is 53.8 Å². The molecule has 0 bridgehead atoms. The van der Waals surface area contributed by atoms with Crippen molar-refractivity contribution in [3.8, 4) is 5.75 Å². The Labute approximate surface area is 116 Å². The zero-order chi connectivity index (χ0) is 14.7. The first-order valence-electron chi connectivity index (χ1n) is 6.19. The molecule has 0 aliphatic heterocycles. The molecule has 5 heteroatoms. The summed E-state index contributed by atoms with van der Waals surface area (Å²) < 4.78 is 13.8. The molecule has 0 saturated heterocycles. The highest BCUT2D eigenvalue weighted by molar-refractivity contribution is 6.06. The summed E-state index contributed by atoms with van der Waals surface area (Å²) in [6.45, 7) is 2.17. The Morgan fingerprint density at radius 3 is 2.65 bits per heavy atom. The van der Waals surface area contributed by atoms with E-state index in [0.29, 0.717) is 17.9 Å². The van der Waals surface area contributed by atoms with Gasteiger partial charge in [-0.25, -0.2) is 4.39 Å². The molecule has 20 heavy (non-hydrogen) atoms. The largest absolute Gasteiger partial charge is 0.508 e. The van der Waals surface area contributed by atoms with Gasteiger partial charge in [-0.05, 0) is 37.3 Å². The van der Waals surface area contributed by atoms with E-state index in [2.05, 4.69) is 0 Å². The second kappa shape index (κ2) is 5.61. The zero-order valence-electron chi connectivity index (χ0n) is 11.0. The van der Waals surface area contributed by atoms with Gasteiger partial charge in [0.15, 0.2) is 0 Å². The number of anilines is 2. The molecule has 0 aliphatic carbocycles. The molecule has 0 fully saturated rings. The number of hydrogen-bond donors (Lipinski definition) is 2. The number of hydrogen-bond acceptors (Lipinski definition) is 3. The van der Waals surface area contributed by atoms with Crippen molar-refractivity contribution in [2.45, 2.75) is 6.92 Å². The number of phenolic OH excluding ortho intramolecular Hbond substituents is 1. The average Bonchev–Trinajstić information content (AvgIpc) is 2.39. The van der Waals surface area contributed by atoms with Gasteiger partial charge in [0, 0.05) is 24.0 Å². The number of amides is 1. The first-order chi connectivity index (χ1) is 9.52. The Kier molecular flexibility index (Phi) is 3.89. The van der Waals surface area contributed by atoms with Gasteiger partial charge in [-0.1, -0.05) is 6.07 Å². The summed E-state index contributed by atoms with van der Waals surface area (Å²) in [5.74, 6) is -1.45. The second-order valence-electron chi connectivity index (χ2n) is 4.31. The summed E-state index contributed by atoms with van der Waals surface area (Å²) in [6.07, 6.45) is 0. The molecule has 0 spiro atoms. The van der Waals surface area contributed by atoms with Crippen LogP contribution in [0.2, 0.25) is 0 Å². The van der Waals surface area contributed by atoms with Crippen LogP contribution in [0.5, 0.6) is 5.75 Å². The Bertz CT molecular complexity index is 644. The number of nitrogens with zero attached hydrogens (tertiary/aromatic N) is 1. The van der Waals surface area contributed by atoms with Gasteiger partial charge in [-0.2, -0.15) is 0 Å². The van der Waals surface area contributed by atoms with Gasteiger partial charge in [0.05, 0.1) is 5.56 Å². The predicted octanol–water partition coefficient (Wildman–Crippen LogP) is 2.78. The Morgan fingerprint density at radius 2 is 2.05 bits per heavy atom. The van der Waals surface area contributed by atoms with Crippen LogP contribution in [-0.4, -0.2) is 17.6 Å². The van der Waals surface area contributed by atoms with Crippen LogP contribution >= 0.6 is 0 Å². The summed E-state index contributed by atoms with van der Waals surface area (Å²) in [6, 6.07) is 10.3. The van der Waals surface area contributed by atoms with Crippen LogP contribution in [0.4, 0.5) is 15.8 Å². The molecule has 0 radical (unpaired) electrons. The Hall–Kier alpha value is -2.56. The highest BCUT2D eigenvalue weighted by Gasteiger charge is 2.19. The first kappa shape index (κ1) is 13.9. The van der Waals surface area contributed by atoms with Crippen LogP contribution in [-0.2, 0) is 0 Å². The number of rotatable bonds is 3. The molecule has 2 aromatic rings. The predicted molar refractivity (Wildman–Crippen MR) is 76.3 cm³/mol. The van der Waals surface area contributed by atoms with Crippen LogP contribution in [0.25, 0.3) is 0 Å². The van der Waals surface area contributed by atoms with Crippen molar-refractivity contribution in [1.82, 2.24) is 0 Å². The average molecular weight is 274 g/mol. The minimum absolute atomic E-state index is 0.0907. The maximum absolute atomic E-state index is 13.8. The van der Waals surface area contributed by atoms with E-state index in [1.165, 1.54) is 17.0 Å². The molecule has 104 valence electrons. The lowest BCUT2D eigenvalue weighted by atomic mass is 10.1. The summed E-state index contributed by atoms with van der Waals surface area (Å²) in [5, 5.41) is 9.19. The smallest absolute Gasteiger partial charge is 0.261 e. The highest BCUT2D eigenvalue weighted by atomic mass is 19.1. The van der Waals surface area contributed by atoms with Crippen LogP contribution in [0.15, 0.2) is 42.5 Å². The third-order valence-electron chi connectivity index (χ3n) is 2.93. The fourth-order valence-electron chi connectivity index (χ4n) is 1.96. The Morgan fingerprint density at radius 1 is 1.30 bits per heavy atom. The van der Waals surface area contributed by atoms with Crippen molar-refractivity contribution >= 4 is 17.3 Å². The summed E-state index contributed by atoms with van der Waals surface area (Å²) in [7, 11) is 0. The lowest BCUT2D eigenvalue weighted by molar-refractivity contribution is 0.0984. The normalized spacial score (nSPS) is 10.3. The molecule has 0 unspecified atom stereocenters. The molecule has 3 N–H and O–H groups in total. The van der Waals surface area contributed by atoms with E-state index in [1.54, 1.807) is 31.2 Å². The minimum atomic E-state index is -0.752. The molecule has 2 aromatic carbocycles. The number of halogens is 1. The van der Waals surface area contributed by atoms with Crippen molar-refractivity contribution in [2.75, 3.05) is 17.2 Å². The number of phenols is 1. The molecule has 2 rings (SSSR count). The zero-order valence-corrected chi connectivity index (χ0v) is 11.0. The number of carbonyl (C=O) groups is 1. The van der Waals surface area contributed by atoms with Crippen molar-refractivity contribution < 1.29 is 14.3 Å². The van der Waals surface area contributed by atoms with E-state index in [4.69, 9.17) is 5.73 Å². The van der Waals surface area contributed by atoms with E-state index in [1.807, 2.05) is 0 Å². The molecule has 0 aromatic heterocycles. The van der Waals surface area contributed by atoms with Gasteiger partial charge in [0.1, 0.15) is 11.6 Å². The molecular weight excluding hydrogens is 259 g/mol. The van der Waals surface area contributed by atoms with Crippen LogP contribution < -0.4 is 10.6 Å². The number of aromatic hydroxyl groups is 1. The van der Waals surface area contributed by atoms with Crippen molar-refractivity contribution in [1.29, 1.82) is 0 Å². The van der Waals surface area contributed by atoms with Crippen LogP contribution in [0, 0.1) is 5.82 Å². The topological polar surface area (TPSA) is 66.6 Å². The SMILES string of the molecule is CCN(C(=O)c1ccc(O)cc1F)c1cccc(N)c1. The van der Waals surface area contributed by atoms with E-state index >= 15 is 0 Å². The van der Waals surface area contributed by atoms with E-state index in [0.717, 1.165) is 6.07 Å². The second-order valence-corrected chi connectivity index (χ2v) is 4.31. The van der Waals surface area contributed by atoms with Gasteiger partial charge in [-0.3, -0.25) is 4.79 Å². The van der Waals surface area contributed by atoms with E-state index < -0.39 is 11.7 Å². The van der Waals surface area contributed by atoms with Gasteiger partial charge >= 0.3 is 0 Å². The lowest BCUT2D eigenvalue weighted by Crippen LogP contribution is -2.31. The van der Waals surface area contributed by atoms with Gasteiger partial charge in [0.25, 0.3) is 5.91 Å². The fraction of sp³-hybridized carbons (Fsp3) is 0.133. The summed E-state index contributed by atoms with van der Waals surface area (Å²) in [4.78, 5) is 13.8. The molecule has 0 aliphatic rings. The van der Waals surface area contributed by atoms with Crippen molar-refractivity contribution in [2.24, 2.45) is 0 Å². The number of benzene rings is 2. The number of nitrogens with two attached hydrogens (primary N) is 1. The van der Waals surface area contributed by atoms with E-state index in [-0.39, 0.29) is 11.3 Å². The molecule has 0 saturated carbocycles. The summed E-state index contributed by atoms with van der Waals surface area (Å²) >= 11 is 0. The molecule has 1 amide bonds. The lowest BCUT2D eigenvalue weighted by Gasteiger charge is -2.21. The molecule has 0 atom stereocenters.